The van der Waals surface area contributed by atoms with Crippen LogP contribution in [0.1, 0.15) is 68.9 Å². The van der Waals surface area contributed by atoms with E-state index in [2.05, 4.69) is 15.0 Å². The average molecular weight is 459 g/mol. The van der Waals surface area contributed by atoms with Crippen molar-refractivity contribution in [2.45, 2.75) is 58.5 Å². The summed E-state index contributed by atoms with van der Waals surface area (Å²) >= 11 is 0. The first-order chi connectivity index (χ1) is 15.5. The normalized spacial score (nSPS) is 12.0. The Hall–Kier alpha value is -3.36. The van der Waals surface area contributed by atoms with E-state index in [1.54, 1.807) is 39.0 Å². The van der Waals surface area contributed by atoms with Crippen LogP contribution >= 0.6 is 0 Å². The Balaban J connectivity index is 1.97. The number of aliphatic imine (C=N–C) groups is 1. The number of nitrogens with zero attached hydrogens (tertiary/aromatic N) is 2. The molecule has 2 aromatic rings. The number of amidine groups is 1. The SMILES string of the molecule is COC(=O)CCCCCCNC(=O)c1cc2cc(/C(N)=N/C(=O)OC(C)(C)C)ccc2n1C. The van der Waals surface area contributed by atoms with Gasteiger partial charge >= 0.3 is 12.1 Å². The molecule has 0 aliphatic heterocycles. The highest BCUT2D eigenvalue weighted by Gasteiger charge is 2.17. The molecule has 0 radical (unpaired) electrons. The summed E-state index contributed by atoms with van der Waals surface area (Å²) in [5, 5.41) is 3.75. The number of benzene rings is 1. The predicted molar refractivity (Wildman–Crippen MR) is 127 cm³/mol. The van der Waals surface area contributed by atoms with E-state index >= 15 is 0 Å². The maximum Gasteiger partial charge on any atom is 0.436 e. The number of hydrogen-bond acceptors (Lipinski definition) is 5. The number of hydrogen-bond donors (Lipinski definition) is 2. The Morgan fingerprint density at radius 2 is 1.79 bits per heavy atom. The van der Waals surface area contributed by atoms with Crippen LogP contribution in [0.2, 0.25) is 0 Å². The maximum atomic E-state index is 12.6. The van der Waals surface area contributed by atoms with Gasteiger partial charge in [0.2, 0.25) is 0 Å². The van der Waals surface area contributed by atoms with Crippen LogP contribution in [0.15, 0.2) is 29.3 Å². The Bertz CT molecular complexity index is 1030. The van der Waals surface area contributed by atoms with Gasteiger partial charge in [0, 0.05) is 36.5 Å². The van der Waals surface area contributed by atoms with E-state index in [-0.39, 0.29) is 17.7 Å². The lowest BCUT2D eigenvalue weighted by Gasteiger charge is -2.17. The number of amides is 2. The molecule has 0 fully saturated rings. The number of nitrogens with two attached hydrogens (primary N) is 1. The number of unbranched alkanes of at least 4 members (excludes halogenated alkanes) is 3. The predicted octanol–water partition coefficient (Wildman–Crippen LogP) is 3.67. The first kappa shape index (κ1) is 25.9. The summed E-state index contributed by atoms with van der Waals surface area (Å²) in [7, 11) is 3.21. The van der Waals surface area contributed by atoms with Crippen molar-refractivity contribution in [1.29, 1.82) is 0 Å². The molecule has 0 aliphatic carbocycles. The van der Waals surface area contributed by atoms with E-state index in [4.69, 9.17) is 10.5 Å². The standard InChI is InChI=1S/C24H34N4O5/c1-24(2,3)33-23(31)27-21(25)16-11-12-18-17(14-16)15-19(28(18)4)22(30)26-13-9-7-6-8-10-20(29)32-5/h11-12,14-15H,6-10,13H2,1-5H3,(H,26,30)(H2,25,27,31). The van der Waals surface area contributed by atoms with Gasteiger partial charge in [-0.1, -0.05) is 12.8 Å². The molecule has 3 N–H and O–H groups in total. The highest BCUT2D eigenvalue weighted by atomic mass is 16.6. The van der Waals surface area contributed by atoms with Gasteiger partial charge in [-0.15, -0.1) is 0 Å². The maximum absolute atomic E-state index is 12.6. The van der Waals surface area contributed by atoms with Crippen LogP contribution in [-0.2, 0) is 21.3 Å². The molecule has 2 amide bonds. The molecule has 0 aliphatic rings. The summed E-state index contributed by atoms with van der Waals surface area (Å²) < 4.78 is 11.6. The van der Waals surface area contributed by atoms with E-state index < -0.39 is 11.7 Å². The van der Waals surface area contributed by atoms with E-state index in [0.29, 0.717) is 24.2 Å². The van der Waals surface area contributed by atoms with E-state index in [1.165, 1.54) is 7.11 Å². The summed E-state index contributed by atoms with van der Waals surface area (Å²) in [5.41, 5.74) is 7.28. The number of ether oxygens (including phenoxy) is 2. The molecule has 0 saturated heterocycles. The fraction of sp³-hybridized carbons (Fsp3) is 0.500. The van der Waals surface area contributed by atoms with Crippen molar-refractivity contribution in [3.63, 3.8) is 0 Å². The fourth-order valence-electron chi connectivity index (χ4n) is 3.32. The third-order valence-corrected chi connectivity index (χ3v) is 5.00. The summed E-state index contributed by atoms with van der Waals surface area (Å²) in [6.07, 6.45) is 3.12. The van der Waals surface area contributed by atoms with Gasteiger partial charge in [0.15, 0.2) is 0 Å². The van der Waals surface area contributed by atoms with Crippen LogP contribution in [0.4, 0.5) is 4.79 Å². The van der Waals surface area contributed by atoms with Crippen molar-refractivity contribution in [3.05, 3.63) is 35.5 Å². The summed E-state index contributed by atoms with van der Waals surface area (Å²) in [5.74, 6) is -0.312. The summed E-state index contributed by atoms with van der Waals surface area (Å²) in [6, 6.07) is 7.16. The topological polar surface area (TPSA) is 125 Å². The summed E-state index contributed by atoms with van der Waals surface area (Å²) in [6.45, 7) is 5.82. The van der Waals surface area contributed by atoms with Gasteiger partial charge in [-0.05, 0) is 57.9 Å². The molecule has 0 saturated carbocycles. The molecule has 1 heterocycles. The Kier molecular flexibility index (Phi) is 9.02. The molecular formula is C24H34N4O5. The number of aryl methyl sites for hydroxylation is 1. The minimum absolute atomic E-state index is 0.0493. The zero-order valence-corrected chi connectivity index (χ0v) is 20.1. The quantitative estimate of drug-likeness (QED) is 0.256. The van der Waals surface area contributed by atoms with Crippen LogP contribution in [0.5, 0.6) is 0 Å². The van der Waals surface area contributed by atoms with E-state index in [9.17, 15) is 14.4 Å². The van der Waals surface area contributed by atoms with Crippen LogP contribution in [-0.4, -0.2) is 47.6 Å². The zero-order chi connectivity index (χ0) is 24.6. The second-order valence-corrected chi connectivity index (χ2v) is 8.84. The monoisotopic (exact) mass is 458 g/mol. The van der Waals surface area contributed by atoms with Gasteiger partial charge in [0.25, 0.3) is 5.91 Å². The second kappa shape index (κ2) is 11.5. The Morgan fingerprint density at radius 3 is 2.45 bits per heavy atom. The first-order valence-corrected chi connectivity index (χ1v) is 11.0. The number of rotatable bonds is 9. The van der Waals surface area contributed by atoms with Crippen molar-refractivity contribution in [2.24, 2.45) is 17.8 Å². The number of methoxy groups -OCH3 is 1. The lowest BCUT2D eigenvalue weighted by Crippen LogP contribution is -2.26. The van der Waals surface area contributed by atoms with E-state index in [0.717, 1.165) is 36.6 Å². The molecule has 0 bridgehead atoms. The molecule has 9 nitrogen and oxygen atoms in total. The van der Waals surface area contributed by atoms with Crippen molar-refractivity contribution >= 4 is 34.7 Å². The van der Waals surface area contributed by atoms with Crippen LogP contribution in [0, 0.1) is 0 Å². The average Bonchev–Trinajstić information content (AvgIpc) is 3.07. The van der Waals surface area contributed by atoms with Crippen molar-refractivity contribution in [2.75, 3.05) is 13.7 Å². The number of carbonyl (C=O) groups excluding carboxylic acids is 3. The molecule has 1 aromatic carbocycles. The highest BCUT2D eigenvalue weighted by Crippen LogP contribution is 2.21. The van der Waals surface area contributed by atoms with Crippen molar-refractivity contribution in [1.82, 2.24) is 9.88 Å². The van der Waals surface area contributed by atoms with Gasteiger partial charge in [0.1, 0.15) is 17.1 Å². The smallest absolute Gasteiger partial charge is 0.436 e. The van der Waals surface area contributed by atoms with Gasteiger partial charge in [-0.25, -0.2) is 4.79 Å². The van der Waals surface area contributed by atoms with Gasteiger partial charge in [-0.2, -0.15) is 4.99 Å². The molecule has 33 heavy (non-hydrogen) atoms. The van der Waals surface area contributed by atoms with Crippen LogP contribution < -0.4 is 11.1 Å². The molecular weight excluding hydrogens is 424 g/mol. The second-order valence-electron chi connectivity index (χ2n) is 8.84. The van der Waals surface area contributed by atoms with Crippen LogP contribution in [0.25, 0.3) is 10.9 Å². The van der Waals surface area contributed by atoms with Crippen LogP contribution in [0.3, 0.4) is 0 Å². The number of carbonyl (C=O) groups is 3. The number of aromatic nitrogens is 1. The zero-order valence-electron chi connectivity index (χ0n) is 20.1. The third kappa shape index (κ3) is 7.93. The van der Waals surface area contributed by atoms with Crippen molar-refractivity contribution < 1.29 is 23.9 Å². The van der Waals surface area contributed by atoms with Gasteiger partial charge in [-0.3, -0.25) is 9.59 Å². The Morgan fingerprint density at radius 1 is 1.09 bits per heavy atom. The number of esters is 1. The molecule has 0 atom stereocenters. The van der Waals surface area contributed by atoms with Crippen molar-refractivity contribution in [3.8, 4) is 0 Å². The first-order valence-electron chi connectivity index (χ1n) is 11.0. The fourth-order valence-corrected chi connectivity index (χ4v) is 3.32. The highest BCUT2D eigenvalue weighted by molar-refractivity contribution is 6.06. The lowest BCUT2D eigenvalue weighted by molar-refractivity contribution is -0.140. The lowest BCUT2D eigenvalue weighted by atomic mass is 10.1. The molecule has 180 valence electrons. The van der Waals surface area contributed by atoms with Gasteiger partial charge in [0.05, 0.1) is 7.11 Å². The van der Waals surface area contributed by atoms with Gasteiger partial charge < -0.3 is 25.1 Å². The molecule has 9 heteroatoms. The molecule has 2 rings (SSSR count). The minimum Gasteiger partial charge on any atom is -0.469 e. The molecule has 0 spiro atoms. The van der Waals surface area contributed by atoms with E-state index in [1.807, 2.05) is 17.7 Å². The Labute approximate surface area is 194 Å². The number of fused-ring (bicyclic) bond motifs is 1. The third-order valence-electron chi connectivity index (χ3n) is 5.00. The largest absolute Gasteiger partial charge is 0.469 e. The molecule has 1 aromatic heterocycles. The number of nitrogens with one attached hydrogen (secondary N) is 1. The minimum atomic E-state index is -0.751. The molecule has 0 unspecified atom stereocenters. The summed E-state index contributed by atoms with van der Waals surface area (Å²) in [4.78, 5) is 39.5.